The van der Waals surface area contributed by atoms with E-state index < -0.39 is 6.04 Å². The Kier molecular flexibility index (Phi) is 5.19. The van der Waals surface area contributed by atoms with Crippen molar-refractivity contribution >= 4 is 11.8 Å². The zero-order valence-electron chi connectivity index (χ0n) is 11.5. The smallest absolute Gasteiger partial charge is 0.237 e. The predicted octanol–water partition coefficient (Wildman–Crippen LogP) is 0.679. The molecule has 5 heteroatoms. The molecule has 1 aliphatic heterocycles. The zero-order valence-corrected chi connectivity index (χ0v) is 11.5. The van der Waals surface area contributed by atoms with Crippen LogP contribution in [0, 0.1) is 5.92 Å². The fourth-order valence-corrected chi connectivity index (χ4v) is 3.05. The molecule has 2 aliphatic rings. The van der Waals surface area contributed by atoms with Gasteiger partial charge in [-0.15, -0.1) is 0 Å². The summed E-state index contributed by atoms with van der Waals surface area (Å²) in [6.07, 6.45) is 8.28. The number of rotatable bonds is 4. The van der Waals surface area contributed by atoms with Crippen LogP contribution in [0.1, 0.15) is 51.4 Å². The van der Waals surface area contributed by atoms with Crippen LogP contribution in [-0.2, 0) is 9.59 Å². The number of piperidine rings is 1. The fraction of sp³-hybridized carbons (Fsp3) is 0.857. The summed E-state index contributed by atoms with van der Waals surface area (Å²) >= 11 is 0. The molecule has 0 spiro atoms. The normalized spacial score (nSPS) is 26.6. The molecule has 0 aromatic heterocycles. The van der Waals surface area contributed by atoms with E-state index in [0.29, 0.717) is 25.3 Å². The van der Waals surface area contributed by atoms with Gasteiger partial charge in [-0.25, -0.2) is 0 Å². The Bertz CT molecular complexity index is 317. The molecule has 4 N–H and O–H groups in total. The monoisotopic (exact) mass is 267 g/mol. The fourth-order valence-electron chi connectivity index (χ4n) is 3.05. The first kappa shape index (κ1) is 14.3. The van der Waals surface area contributed by atoms with Gasteiger partial charge in [0.05, 0.1) is 6.04 Å². The van der Waals surface area contributed by atoms with Gasteiger partial charge in [-0.05, 0) is 18.8 Å². The first-order valence-corrected chi connectivity index (χ1v) is 7.48. The maximum atomic E-state index is 12.0. The van der Waals surface area contributed by atoms with E-state index in [-0.39, 0.29) is 17.9 Å². The van der Waals surface area contributed by atoms with Crippen molar-refractivity contribution < 1.29 is 9.59 Å². The summed E-state index contributed by atoms with van der Waals surface area (Å²) < 4.78 is 0. The van der Waals surface area contributed by atoms with Crippen LogP contribution in [0.15, 0.2) is 0 Å². The van der Waals surface area contributed by atoms with Gasteiger partial charge in [-0.1, -0.05) is 32.1 Å². The van der Waals surface area contributed by atoms with Gasteiger partial charge in [-0.2, -0.15) is 0 Å². The van der Waals surface area contributed by atoms with Crippen LogP contribution in [0.3, 0.4) is 0 Å². The lowest BCUT2D eigenvalue weighted by atomic mass is 9.85. The molecule has 2 amide bonds. The molecule has 108 valence electrons. The summed E-state index contributed by atoms with van der Waals surface area (Å²) in [5, 5.41) is 5.71. The molecular formula is C14H25N3O2. The summed E-state index contributed by atoms with van der Waals surface area (Å²) in [4.78, 5) is 23.1. The van der Waals surface area contributed by atoms with E-state index in [9.17, 15) is 9.59 Å². The van der Waals surface area contributed by atoms with Crippen LogP contribution >= 0.6 is 0 Å². The first-order valence-electron chi connectivity index (χ1n) is 7.48. The highest BCUT2D eigenvalue weighted by Crippen LogP contribution is 2.26. The van der Waals surface area contributed by atoms with Crippen LogP contribution in [-0.4, -0.2) is 30.4 Å². The van der Waals surface area contributed by atoms with Crippen molar-refractivity contribution in [1.82, 2.24) is 10.6 Å². The molecular weight excluding hydrogens is 242 g/mol. The summed E-state index contributed by atoms with van der Waals surface area (Å²) in [5.41, 5.74) is 5.99. The zero-order chi connectivity index (χ0) is 13.7. The van der Waals surface area contributed by atoms with Crippen molar-refractivity contribution in [2.45, 2.75) is 63.5 Å². The largest absolute Gasteiger partial charge is 0.354 e. The van der Waals surface area contributed by atoms with Crippen LogP contribution < -0.4 is 16.4 Å². The number of nitrogens with one attached hydrogen (secondary N) is 2. The Morgan fingerprint density at radius 3 is 2.68 bits per heavy atom. The molecule has 2 unspecified atom stereocenters. The van der Waals surface area contributed by atoms with Crippen LogP contribution in [0.5, 0.6) is 0 Å². The van der Waals surface area contributed by atoms with E-state index >= 15 is 0 Å². The Morgan fingerprint density at radius 2 is 2.05 bits per heavy atom. The lowest BCUT2D eigenvalue weighted by Gasteiger charge is -2.27. The average molecular weight is 267 g/mol. The van der Waals surface area contributed by atoms with Gasteiger partial charge in [0.1, 0.15) is 0 Å². The minimum Gasteiger partial charge on any atom is -0.354 e. The third-order valence-electron chi connectivity index (χ3n) is 4.26. The second-order valence-corrected chi connectivity index (χ2v) is 5.89. The lowest BCUT2D eigenvalue weighted by Crippen LogP contribution is -2.52. The van der Waals surface area contributed by atoms with Crippen molar-refractivity contribution in [3.05, 3.63) is 0 Å². The van der Waals surface area contributed by atoms with E-state index in [1.54, 1.807) is 0 Å². The molecule has 2 atom stereocenters. The maximum absolute atomic E-state index is 12.0. The Hall–Kier alpha value is -1.10. The molecule has 1 saturated carbocycles. The Balaban J connectivity index is 1.70. The number of carbonyl (C=O) groups excluding carboxylic acids is 2. The number of hydrogen-bond acceptors (Lipinski definition) is 3. The van der Waals surface area contributed by atoms with Gasteiger partial charge in [0.2, 0.25) is 11.8 Å². The van der Waals surface area contributed by atoms with E-state index in [1.165, 1.54) is 32.1 Å². The van der Waals surface area contributed by atoms with Crippen LogP contribution in [0.25, 0.3) is 0 Å². The number of amides is 2. The topological polar surface area (TPSA) is 84.2 Å². The molecule has 5 nitrogen and oxygen atoms in total. The molecule has 0 aromatic carbocycles. The van der Waals surface area contributed by atoms with E-state index in [0.717, 1.165) is 6.42 Å². The highest BCUT2D eigenvalue weighted by molar-refractivity contribution is 5.82. The highest BCUT2D eigenvalue weighted by atomic mass is 16.2. The summed E-state index contributed by atoms with van der Waals surface area (Å²) in [5.74, 6) is 0.615. The first-order chi connectivity index (χ1) is 9.15. The van der Waals surface area contributed by atoms with Crippen molar-refractivity contribution in [3.63, 3.8) is 0 Å². The van der Waals surface area contributed by atoms with Gasteiger partial charge in [0, 0.05) is 19.0 Å². The minimum atomic E-state index is -0.402. The lowest BCUT2D eigenvalue weighted by molar-refractivity contribution is -0.126. The van der Waals surface area contributed by atoms with E-state index in [2.05, 4.69) is 10.6 Å². The Labute approximate surface area is 114 Å². The van der Waals surface area contributed by atoms with Gasteiger partial charge in [-0.3, -0.25) is 9.59 Å². The van der Waals surface area contributed by atoms with Gasteiger partial charge in [0.25, 0.3) is 0 Å². The number of carbonyl (C=O) groups is 2. The molecule has 0 radical (unpaired) electrons. The molecule has 1 heterocycles. The van der Waals surface area contributed by atoms with Crippen LogP contribution in [0.2, 0.25) is 0 Å². The quantitative estimate of drug-likeness (QED) is 0.700. The van der Waals surface area contributed by atoms with Gasteiger partial charge in [0.15, 0.2) is 0 Å². The minimum absolute atomic E-state index is 0.0441. The molecule has 2 fully saturated rings. The third-order valence-corrected chi connectivity index (χ3v) is 4.26. The van der Waals surface area contributed by atoms with E-state index in [4.69, 9.17) is 5.73 Å². The number of nitrogens with two attached hydrogens (primary N) is 1. The SMILES string of the molecule is NC(CC1CCCCC1)C(=O)NC1CCC(=O)NC1. The van der Waals surface area contributed by atoms with Crippen LogP contribution in [0.4, 0.5) is 0 Å². The maximum Gasteiger partial charge on any atom is 0.237 e. The van der Waals surface area contributed by atoms with Crippen molar-refractivity contribution in [2.75, 3.05) is 6.54 Å². The molecule has 1 aliphatic carbocycles. The molecule has 1 saturated heterocycles. The number of hydrogen-bond donors (Lipinski definition) is 3. The predicted molar refractivity (Wildman–Crippen MR) is 73.3 cm³/mol. The second kappa shape index (κ2) is 6.89. The van der Waals surface area contributed by atoms with Gasteiger partial charge >= 0.3 is 0 Å². The standard InChI is InChI=1S/C14H25N3O2/c15-12(8-10-4-2-1-3-5-10)14(19)17-11-6-7-13(18)16-9-11/h10-12H,1-9,15H2,(H,16,18)(H,17,19). The molecule has 19 heavy (non-hydrogen) atoms. The van der Waals surface area contributed by atoms with Gasteiger partial charge < -0.3 is 16.4 Å². The summed E-state index contributed by atoms with van der Waals surface area (Å²) in [6, 6.07) is -0.358. The van der Waals surface area contributed by atoms with Crippen molar-refractivity contribution in [1.29, 1.82) is 0 Å². The molecule has 0 aromatic rings. The van der Waals surface area contributed by atoms with E-state index in [1.807, 2.05) is 0 Å². The molecule has 2 rings (SSSR count). The highest BCUT2D eigenvalue weighted by Gasteiger charge is 2.24. The summed E-state index contributed by atoms with van der Waals surface area (Å²) in [7, 11) is 0. The van der Waals surface area contributed by atoms with Crippen molar-refractivity contribution in [2.24, 2.45) is 11.7 Å². The average Bonchev–Trinajstić information content (AvgIpc) is 2.42. The van der Waals surface area contributed by atoms with Crippen molar-refractivity contribution in [3.8, 4) is 0 Å². The second-order valence-electron chi connectivity index (χ2n) is 5.89. The Morgan fingerprint density at radius 1 is 1.32 bits per heavy atom. The summed E-state index contributed by atoms with van der Waals surface area (Å²) in [6.45, 7) is 0.528. The molecule has 0 bridgehead atoms. The third kappa shape index (κ3) is 4.49.